The molecule has 0 spiro atoms. The number of amides is 2. The average molecular weight is 289 g/mol. The van der Waals surface area contributed by atoms with Crippen LogP contribution in [0.4, 0.5) is 0 Å². The number of methoxy groups -OCH3 is 2. The molecular weight excluding hydrogens is 270 g/mol. The lowest BCUT2D eigenvalue weighted by atomic mass is 9.99. The van der Waals surface area contributed by atoms with E-state index >= 15 is 0 Å². The third-order valence-corrected chi connectivity index (χ3v) is 3.52. The molecule has 0 aliphatic carbocycles. The van der Waals surface area contributed by atoms with Crippen molar-refractivity contribution >= 4 is 11.8 Å². The van der Waals surface area contributed by atoms with E-state index in [1.165, 1.54) is 14.2 Å². The number of aliphatic hydroxyl groups excluding tert-OH is 1. The van der Waals surface area contributed by atoms with Crippen molar-refractivity contribution in [3.63, 3.8) is 0 Å². The summed E-state index contributed by atoms with van der Waals surface area (Å²) >= 11 is 0. The third kappa shape index (κ3) is 2.70. The maximum Gasteiger partial charge on any atom is 0.254 e. The molecule has 2 amide bonds. The number of ether oxygens (including phenoxy) is 3. The van der Waals surface area contributed by atoms with Crippen LogP contribution in [-0.4, -0.2) is 66.9 Å². The fourth-order valence-corrected chi connectivity index (χ4v) is 2.37. The van der Waals surface area contributed by atoms with Crippen LogP contribution < -0.4 is 0 Å². The van der Waals surface area contributed by atoms with Crippen LogP contribution in [0.3, 0.4) is 0 Å². The third-order valence-electron chi connectivity index (χ3n) is 3.52. The van der Waals surface area contributed by atoms with Crippen LogP contribution >= 0.6 is 0 Å². The molecule has 2 rings (SSSR count). The largest absolute Gasteiger partial charge is 0.388 e. The van der Waals surface area contributed by atoms with Crippen LogP contribution in [0, 0.1) is 0 Å². The van der Waals surface area contributed by atoms with Gasteiger partial charge in [-0.2, -0.15) is 5.06 Å². The van der Waals surface area contributed by atoms with Crippen LogP contribution in [0.25, 0.3) is 0 Å². The highest BCUT2D eigenvalue weighted by atomic mass is 16.8. The highest BCUT2D eigenvalue weighted by molar-refractivity contribution is 6.00. The molecule has 0 bridgehead atoms. The molecular formula is C12H19NO7. The number of carbonyl (C=O) groups excluding carboxylic acids is 2. The van der Waals surface area contributed by atoms with Gasteiger partial charge in [0.15, 0.2) is 0 Å². The molecule has 5 atom stereocenters. The van der Waals surface area contributed by atoms with Crippen molar-refractivity contribution in [3.8, 4) is 0 Å². The standard InChI is InChI=1S/C12H19NO7/c1-6-9(16)10(17-2)11(18-3)12(19-6)20-13-7(14)4-5-8(13)15/h6,9-12,16H,4-5H2,1-3H3/t6-,9-,10+,11+,12-/m0/s1. The molecule has 20 heavy (non-hydrogen) atoms. The van der Waals surface area contributed by atoms with Gasteiger partial charge in [0.1, 0.15) is 18.3 Å². The minimum absolute atomic E-state index is 0.120. The lowest BCUT2D eigenvalue weighted by Crippen LogP contribution is -2.60. The smallest absolute Gasteiger partial charge is 0.254 e. The maximum absolute atomic E-state index is 11.6. The number of hydroxylamine groups is 2. The Labute approximate surface area is 116 Å². The molecule has 2 heterocycles. The van der Waals surface area contributed by atoms with Gasteiger partial charge in [-0.05, 0) is 6.92 Å². The number of imide groups is 1. The van der Waals surface area contributed by atoms with E-state index in [0.29, 0.717) is 5.06 Å². The van der Waals surface area contributed by atoms with Gasteiger partial charge in [-0.3, -0.25) is 9.59 Å². The summed E-state index contributed by atoms with van der Waals surface area (Å²) < 4.78 is 15.9. The highest BCUT2D eigenvalue weighted by Gasteiger charge is 2.47. The van der Waals surface area contributed by atoms with Crippen LogP contribution in [0.15, 0.2) is 0 Å². The van der Waals surface area contributed by atoms with Gasteiger partial charge in [-0.15, -0.1) is 0 Å². The summed E-state index contributed by atoms with van der Waals surface area (Å²) in [5.41, 5.74) is 0. The molecule has 0 aromatic carbocycles. The second-order valence-electron chi connectivity index (χ2n) is 4.79. The van der Waals surface area contributed by atoms with Crippen molar-refractivity contribution in [3.05, 3.63) is 0 Å². The normalized spacial score (nSPS) is 38.6. The molecule has 2 saturated heterocycles. The molecule has 0 aromatic heterocycles. The first-order valence-electron chi connectivity index (χ1n) is 6.41. The van der Waals surface area contributed by atoms with Crippen molar-refractivity contribution < 1.29 is 33.7 Å². The van der Waals surface area contributed by atoms with Crippen molar-refractivity contribution in [1.82, 2.24) is 5.06 Å². The Morgan fingerprint density at radius 3 is 2.20 bits per heavy atom. The van der Waals surface area contributed by atoms with Crippen LogP contribution in [0.5, 0.6) is 0 Å². The fourth-order valence-electron chi connectivity index (χ4n) is 2.37. The first kappa shape index (κ1) is 15.3. The van der Waals surface area contributed by atoms with E-state index in [1.807, 2.05) is 0 Å². The molecule has 0 saturated carbocycles. The van der Waals surface area contributed by atoms with Crippen molar-refractivity contribution in [2.45, 2.75) is 50.5 Å². The zero-order valence-electron chi connectivity index (χ0n) is 11.6. The average Bonchev–Trinajstić information content (AvgIpc) is 2.74. The zero-order valence-corrected chi connectivity index (χ0v) is 11.6. The summed E-state index contributed by atoms with van der Waals surface area (Å²) in [5.74, 6) is -0.831. The summed E-state index contributed by atoms with van der Waals surface area (Å²) in [6.07, 6.45) is -3.67. The molecule has 1 N–H and O–H groups in total. The predicted molar refractivity (Wildman–Crippen MR) is 64.1 cm³/mol. The Bertz CT molecular complexity index is 372. The van der Waals surface area contributed by atoms with E-state index in [1.54, 1.807) is 6.92 Å². The van der Waals surface area contributed by atoms with Gasteiger partial charge in [-0.1, -0.05) is 0 Å². The summed E-state index contributed by atoms with van der Waals surface area (Å²) in [4.78, 5) is 28.4. The van der Waals surface area contributed by atoms with Gasteiger partial charge in [-0.25, -0.2) is 4.84 Å². The molecule has 2 fully saturated rings. The molecule has 0 unspecified atom stereocenters. The number of nitrogens with zero attached hydrogens (tertiary/aromatic N) is 1. The number of hydrogen-bond donors (Lipinski definition) is 1. The number of carbonyl (C=O) groups is 2. The second kappa shape index (κ2) is 6.15. The Morgan fingerprint density at radius 1 is 1.15 bits per heavy atom. The molecule has 8 nitrogen and oxygen atoms in total. The topological polar surface area (TPSA) is 94.5 Å². The van der Waals surface area contributed by atoms with Crippen molar-refractivity contribution in [2.24, 2.45) is 0 Å². The summed E-state index contributed by atoms with van der Waals surface area (Å²) in [6, 6.07) is 0. The van der Waals surface area contributed by atoms with Crippen molar-refractivity contribution in [1.29, 1.82) is 0 Å². The zero-order chi connectivity index (χ0) is 14.9. The predicted octanol–water partition coefficient (Wildman–Crippen LogP) is -0.797. The van der Waals surface area contributed by atoms with Gasteiger partial charge < -0.3 is 19.3 Å². The highest BCUT2D eigenvalue weighted by Crippen LogP contribution is 2.27. The van der Waals surface area contributed by atoms with Crippen LogP contribution in [0.1, 0.15) is 19.8 Å². The lowest BCUT2D eigenvalue weighted by Gasteiger charge is -2.42. The number of aliphatic hydroxyl groups is 1. The van der Waals surface area contributed by atoms with E-state index < -0.39 is 42.5 Å². The van der Waals surface area contributed by atoms with Crippen molar-refractivity contribution in [2.75, 3.05) is 14.2 Å². The number of hydrogen-bond acceptors (Lipinski definition) is 7. The molecule has 114 valence electrons. The molecule has 8 heteroatoms. The summed E-state index contributed by atoms with van der Waals surface area (Å²) in [5, 5.41) is 10.7. The summed E-state index contributed by atoms with van der Waals surface area (Å²) in [7, 11) is 2.84. The van der Waals surface area contributed by atoms with Gasteiger partial charge in [0, 0.05) is 27.1 Å². The minimum atomic E-state index is -1.01. The number of rotatable bonds is 4. The fraction of sp³-hybridized carbons (Fsp3) is 0.833. The van der Waals surface area contributed by atoms with Gasteiger partial charge in [0.25, 0.3) is 11.8 Å². The van der Waals surface area contributed by atoms with E-state index in [-0.39, 0.29) is 12.8 Å². The minimum Gasteiger partial charge on any atom is -0.388 e. The Hall–Kier alpha value is -1.06. The van der Waals surface area contributed by atoms with E-state index in [4.69, 9.17) is 19.0 Å². The Kier molecular flexibility index (Phi) is 4.71. The van der Waals surface area contributed by atoms with E-state index in [2.05, 4.69) is 0 Å². The van der Waals surface area contributed by atoms with E-state index in [9.17, 15) is 14.7 Å². The van der Waals surface area contributed by atoms with Crippen LogP contribution in [-0.2, 0) is 28.6 Å². The Balaban J connectivity index is 2.12. The molecule has 2 aliphatic heterocycles. The quantitative estimate of drug-likeness (QED) is 0.677. The molecule has 2 aliphatic rings. The van der Waals surface area contributed by atoms with Crippen LogP contribution in [0.2, 0.25) is 0 Å². The van der Waals surface area contributed by atoms with Gasteiger partial charge in [0.05, 0.1) is 6.10 Å². The Morgan fingerprint density at radius 2 is 1.70 bits per heavy atom. The van der Waals surface area contributed by atoms with Gasteiger partial charge >= 0.3 is 0 Å². The monoisotopic (exact) mass is 289 g/mol. The molecule has 0 radical (unpaired) electrons. The first-order valence-corrected chi connectivity index (χ1v) is 6.41. The van der Waals surface area contributed by atoms with Gasteiger partial charge in [0.2, 0.25) is 6.29 Å². The second-order valence-corrected chi connectivity index (χ2v) is 4.79. The molecule has 0 aromatic rings. The first-order chi connectivity index (χ1) is 9.49. The summed E-state index contributed by atoms with van der Waals surface area (Å²) in [6.45, 7) is 1.65. The maximum atomic E-state index is 11.6. The lowest BCUT2D eigenvalue weighted by molar-refractivity contribution is -0.344. The SMILES string of the molecule is CO[C@@H]1[C@@H](O)[C@H](C)O[C@@H](ON2C(=O)CCC2=O)[C@@H]1OC. The van der Waals surface area contributed by atoms with E-state index in [0.717, 1.165) is 0 Å².